The van der Waals surface area contributed by atoms with E-state index in [4.69, 9.17) is 23.2 Å². The summed E-state index contributed by atoms with van der Waals surface area (Å²) in [6.45, 7) is 1.10. The number of carbonyl (C=O) groups is 1. The fourth-order valence-corrected chi connectivity index (χ4v) is 5.37. The Balaban J connectivity index is 1.70. The van der Waals surface area contributed by atoms with Crippen molar-refractivity contribution in [1.82, 2.24) is 10.2 Å². The third-order valence-corrected chi connectivity index (χ3v) is 6.93. The van der Waals surface area contributed by atoms with Gasteiger partial charge in [0.15, 0.2) is 0 Å². The first-order valence-corrected chi connectivity index (χ1v) is 10.3. The van der Waals surface area contributed by atoms with Crippen LogP contribution in [0.2, 0.25) is 10.0 Å². The first-order chi connectivity index (χ1) is 13.0. The number of amides is 1. The number of fused-ring (bicyclic) bond motifs is 3. The van der Waals surface area contributed by atoms with Gasteiger partial charge < -0.3 is 5.32 Å². The summed E-state index contributed by atoms with van der Waals surface area (Å²) in [5.41, 5.74) is 1.55. The Labute approximate surface area is 170 Å². The lowest BCUT2D eigenvalue weighted by atomic mass is 9.66. The van der Waals surface area contributed by atoms with E-state index in [-0.39, 0.29) is 17.5 Å². The fourth-order valence-electron chi connectivity index (χ4n) is 4.88. The van der Waals surface area contributed by atoms with Gasteiger partial charge in [-0.25, -0.2) is 0 Å². The SMILES string of the molecule is CN1CC2CCC1([C@@H](NC(=O)c1ccc(Cl)cc1Cl)c1ccccc1)CC2. The highest BCUT2D eigenvalue weighted by Gasteiger charge is 2.50. The molecule has 2 heterocycles. The second kappa shape index (κ2) is 7.46. The Kier molecular flexibility index (Phi) is 5.19. The normalized spacial score (nSPS) is 26.0. The molecule has 142 valence electrons. The lowest BCUT2D eigenvalue weighted by Gasteiger charge is -2.57. The Bertz CT molecular complexity index is 831. The summed E-state index contributed by atoms with van der Waals surface area (Å²) in [4.78, 5) is 15.6. The number of likely N-dealkylation sites (N-methyl/N-ethyl adjacent to an activating group) is 1. The number of carbonyl (C=O) groups excluding carboxylic acids is 1. The van der Waals surface area contributed by atoms with Crippen molar-refractivity contribution in [2.75, 3.05) is 13.6 Å². The quantitative estimate of drug-likeness (QED) is 0.748. The van der Waals surface area contributed by atoms with E-state index in [1.54, 1.807) is 18.2 Å². The number of piperidine rings is 2. The predicted molar refractivity (Wildman–Crippen MR) is 110 cm³/mol. The van der Waals surface area contributed by atoms with Gasteiger partial charge in [-0.1, -0.05) is 53.5 Å². The topological polar surface area (TPSA) is 32.3 Å². The van der Waals surface area contributed by atoms with E-state index in [2.05, 4.69) is 29.4 Å². The molecule has 2 aromatic carbocycles. The van der Waals surface area contributed by atoms with Gasteiger partial charge in [0, 0.05) is 17.1 Å². The van der Waals surface area contributed by atoms with Crippen molar-refractivity contribution in [3.8, 4) is 0 Å². The van der Waals surface area contributed by atoms with E-state index >= 15 is 0 Å². The van der Waals surface area contributed by atoms with Crippen molar-refractivity contribution in [3.63, 3.8) is 0 Å². The van der Waals surface area contributed by atoms with E-state index in [0.717, 1.165) is 30.9 Å². The molecule has 5 rings (SSSR count). The van der Waals surface area contributed by atoms with Crippen LogP contribution in [0.3, 0.4) is 0 Å². The smallest absolute Gasteiger partial charge is 0.253 e. The minimum absolute atomic E-state index is 0.0509. The van der Waals surface area contributed by atoms with Crippen molar-refractivity contribution in [2.24, 2.45) is 5.92 Å². The molecule has 3 nitrogen and oxygen atoms in total. The van der Waals surface area contributed by atoms with E-state index < -0.39 is 0 Å². The van der Waals surface area contributed by atoms with Crippen LogP contribution in [0.5, 0.6) is 0 Å². The van der Waals surface area contributed by atoms with Crippen LogP contribution in [0.25, 0.3) is 0 Å². The maximum Gasteiger partial charge on any atom is 0.253 e. The highest BCUT2D eigenvalue weighted by molar-refractivity contribution is 6.36. The van der Waals surface area contributed by atoms with Gasteiger partial charge in [0.05, 0.1) is 16.6 Å². The third kappa shape index (κ3) is 3.49. The van der Waals surface area contributed by atoms with Crippen LogP contribution in [-0.4, -0.2) is 29.9 Å². The number of hydrogen-bond donors (Lipinski definition) is 1. The molecule has 2 aliphatic heterocycles. The van der Waals surface area contributed by atoms with E-state index in [9.17, 15) is 4.79 Å². The Hall–Kier alpha value is -1.55. The third-order valence-electron chi connectivity index (χ3n) is 6.38. The molecule has 5 heteroatoms. The minimum Gasteiger partial charge on any atom is -0.343 e. The van der Waals surface area contributed by atoms with Gasteiger partial charge in [0.25, 0.3) is 5.91 Å². The van der Waals surface area contributed by atoms with E-state index in [0.29, 0.717) is 15.6 Å². The highest BCUT2D eigenvalue weighted by atomic mass is 35.5. The maximum atomic E-state index is 13.1. The fraction of sp³-hybridized carbons (Fsp3) is 0.409. The molecule has 1 N–H and O–H groups in total. The monoisotopic (exact) mass is 402 g/mol. The van der Waals surface area contributed by atoms with E-state index in [1.807, 2.05) is 18.2 Å². The number of nitrogens with zero attached hydrogens (tertiary/aromatic N) is 1. The van der Waals surface area contributed by atoms with Gasteiger partial charge in [-0.15, -0.1) is 0 Å². The number of halogens is 2. The number of nitrogens with one attached hydrogen (secondary N) is 1. The molecule has 1 amide bonds. The Morgan fingerprint density at radius 2 is 1.85 bits per heavy atom. The van der Waals surface area contributed by atoms with Gasteiger partial charge in [0.2, 0.25) is 0 Å². The van der Waals surface area contributed by atoms with Crippen molar-refractivity contribution in [2.45, 2.75) is 37.3 Å². The van der Waals surface area contributed by atoms with Crippen LogP contribution >= 0.6 is 23.2 Å². The molecule has 0 unspecified atom stereocenters. The molecule has 0 spiro atoms. The molecule has 3 fully saturated rings. The molecule has 1 aliphatic carbocycles. The largest absolute Gasteiger partial charge is 0.343 e. The van der Waals surface area contributed by atoms with Crippen LogP contribution in [0.4, 0.5) is 0 Å². The van der Waals surface area contributed by atoms with Gasteiger partial charge in [-0.05, 0) is 62.4 Å². The maximum absolute atomic E-state index is 13.1. The van der Waals surface area contributed by atoms with Gasteiger partial charge >= 0.3 is 0 Å². The van der Waals surface area contributed by atoms with Crippen LogP contribution in [0.1, 0.15) is 47.6 Å². The standard InChI is InChI=1S/C22H24Cl2N2O/c1-26-14-15-9-11-22(26,12-10-15)20(16-5-3-2-4-6-16)25-21(27)18-8-7-17(23)13-19(18)24/h2-8,13,15,20H,9-12,14H2,1H3,(H,25,27)/t15?,20-,22?/m0/s1. The minimum atomic E-state index is -0.152. The van der Waals surface area contributed by atoms with Crippen LogP contribution < -0.4 is 5.32 Å². The predicted octanol–water partition coefficient (Wildman–Crippen LogP) is 5.34. The number of rotatable bonds is 4. The molecule has 1 atom stereocenters. The molecule has 1 saturated carbocycles. The molecule has 3 aliphatic rings. The van der Waals surface area contributed by atoms with Crippen LogP contribution in [0.15, 0.2) is 48.5 Å². The average Bonchev–Trinajstić information content (AvgIpc) is 2.67. The molecule has 2 bridgehead atoms. The zero-order chi connectivity index (χ0) is 19.0. The summed E-state index contributed by atoms with van der Waals surface area (Å²) in [6.07, 6.45) is 4.65. The van der Waals surface area contributed by atoms with Crippen molar-refractivity contribution in [1.29, 1.82) is 0 Å². The second-order valence-electron chi connectivity index (χ2n) is 7.87. The molecule has 2 saturated heterocycles. The van der Waals surface area contributed by atoms with Crippen LogP contribution in [0, 0.1) is 5.92 Å². The zero-order valence-electron chi connectivity index (χ0n) is 15.4. The summed E-state index contributed by atoms with van der Waals surface area (Å²) in [5.74, 6) is 0.635. The van der Waals surface area contributed by atoms with Gasteiger partial charge in [-0.3, -0.25) is 9.69 Å². The molecule has 0 aromatic heterocycles. The summed E-state index contributed by atoms with van der Waals surface area (Å²) < 4.78 is 0. The van der Waals surface area contributed by atoms with Crippen molar-refractivity contribution in [3.05, 3.63) is 69.7 Å². The van der Waals surface area contributed by atoms with Crippen molar-refractivity contribution >= 4 is 29.1 Å². The summed E-state index contributed by atoms with van der Waals surface area (Å²) >= 11 is 12.3. The molecule has 27 heavy (non-hydrogen) atoms. The highest BCUT2D eigenvalue weighted by Crippen LogP contribution is 2.49. The molecule has 0 radical (unpaired) electrons. The van der Waals surface area contributed by atoms with Gasteiger partial charge in [-0.2, -0.15) is 0 Å². The first kappa shape index (κ1) is 18.8. The Morgan fingerprint density at radius 1 is 1.15 bits per heavy atom. The van der Waals surface area contributed by atoms with E-state index in [1.165, 1.54) is 12.8 Å². The first-order valence-electron chi connectivity index (χ1n) is 9.52. The Morgan fingerprint density at radius 3 is 2.48 bits per heavy atom. The summed E-state index contributed by atoms with van der Waals surface area (Å²) in [5, 5.41) is 4.23. The van der Waals surface area contributed by atoms with Crippen molar-refractivity contribution < 1.29 is 4.79 Å². The number of hydrogen-bond acceptors (Lipinski definition) is 2. The summed E-state index contributed by atoms with van der Waals surface area (Å²) in [7, 11) is 2.20. The molecular formula is C22H24Cl2N2O. The second-order valence-corrected chi connectivity index (χ2v) is 8.71. The summed E-state index contributed by atoms with van der Waals surface area (Å²) in [6, 6.07) is 15.2. The molecular weight excluding hydrogens is 379 g/mol. The zero-order valence-corrected chi connectivity index (χ0v) is 16.9. The molecule has 2 aromatic rings. The number of benzene rings is 2. The van der Waals surface area contributed by atoms with Crippen LogP contribution in [-0.2, 0) is 0 Å². The lowest BCUT2D eigenvalue weighted by molar-refractivity contribution is -0.0404. The average molecular weight is 403 g/mol. The van der Waals surface area contributed by atoms with Gasteiger partial charge in [0.1, 0.15) is 0 Å². The lowest BCUT2D eigenvalue weighted by Crippen LogP contribution is -2.62.